The average molecular weight is 200 g/mol. The SMILES string of the molecule is COC(C)(C)c1nc(C(C)N)cs1. The van der Waals surface area contributed by atoms with Crippen LogP contribution >= 0.6 is 11.3 Å². The predicted molar refractivity (Wildman–Crippen MR) is 54.8 cm³/mol. The highest BCUT2D eigenvalue weighted by atomic mass is 32.1. The van der Waals surface area contributed by atoms with Gasteiger partial charge in [-0.3, -0.25) is 0 Å². The number of aromatic nitrogens is 1. The van der Waals surface area contributed by atoms with E-state index >= 15 is 0 Å². The Balaban J connectivity index is 2.91. The summed E-state index contributed by atoms with van der Waals surface area (Å²) >= 11 is 1.59. The summed E-state index contributed by atoms with van der Waals surface area (Å²) in [5.41, 5.74) is 6.34. The van der Waals surface area contributed by atoms with Crippen LogP contribution in [0.15, 0.2) is 5.38 Å². The molecule has 1 rings (SSSR count). The molecule has 3 nitrogen and oxygen atoms in total. The first-order valence-electron chi connectivity index (χ1n) is 4.24. The van der Waals surface area contributed by atoms with E-state index < -0.39 is 0 Å². The Morgan fingerprint density at radius 1 is 1.62 bits per heavy atom. The second-order valence-corrected chi connectivity index (χ2v) is 4.44. The van der Waals surface area contributed by atoms with Gasteiger partial charge >= 0.3 is 0 Å². The van der Waals surface area contributed by atoms with Gasteiger partial charge in [0.1, 0.15) is 10.6 Å². The molecular weight excluding hydrogens is 184 g/mol. The summed E-state index contributed by atoms with van der Waals surface area (Å²) in [6.45, 7) is 5.92. The predicted octanol–water partition coefficient (Wildman–Crippen LogP) is 2.04. The molecule has 4 heteroatoms. The fourth-order valence-electron chi connectivity index (χ4n) is 0.859. The van der Waals surface area contributed by atoms with Gasteiger partial charge in [-0.15, -0.1) is 11.3 Å². The quantitative estimate of drug-likeness (QED) is 0.812. The number of hydrogen-bond donors (Lipinski definition) is 1. The lowest BCUT2D eigenvalue weighted by Crippen LogP contribution is -2.19. The zero-order valence-electron chi connectivity index (χ0n) is 8.50. The van der Waals surface area contributed by atoms with Gasteiger partial charge in [-0.05, 0) is 20.8 Å². The molecule has 1 aromatic heterocycles. The molecule has 2 N–H and O–H groups in total. The minimum atomic E-state index is -0.308. The monoisotopic (exact) mass is 200 g/mol. The minimum absolute atomic E-state index is 0.00217. The van der Waals surface area contributed by atoms with Crippen molar-refractivity contribution < 1.29 is 4.74 Å². The minimum Gasteiger partial charge on any atom is -0.372 e. The van der Waals surface area contributed by atoms with E-state index in [1.807, 2.05) is 26.2 Å². The van der Waals surface area contributed by atoms with Crippen LogP contribution in [0.4, 0.5) is 0 Å². The molecule has 13 heavy (non-hydrogen) atoms. The van der Waals surface area contributed by atoms with E-state index in [2.05, 4.69) is 4.98 Å². The van der Waals surface area contributed by atoms with Gasteiger partial charge < -0.3 is 10.5 Å². The van der Waals surface area contributed by atoms with Crippen molar-refractivity contribution in [2.45, 2.75) is 32.4 Å². The standard InChI is InChI=1S/C9H16N2OS/c1-6(10)7-5-13-8(11-7)9(2,3)12-4/h5-6H,10H2,1-4H3. The first kappa shape index (κ1) is 10.6. The normalized spacial score (nSPS) is 14.5. The van der Waals surface area contributed by atoms with Crippen molar-refractivity contribution in [3.8, 4) is 0 Å². The molecule has 0 fully saturated rings. The zero-order chi connectivity index (χ0) is 10.1. The molecule has 0 spiro atoms. The Hall–Kier alpha value is -0.450. The number of methoxy groups -OCH3 is 1. The van der Waals surface area contributed by atoms with Crippen molar-refractivity contribution in [1.29, 1.82) is 0 Å². The molecule has 1 heterocycles. The molecule has 0 aliphatic heterocycles. The Kier molecular flexibility index (Phi) is 3.05. The summed E-state index contributed by atoms with van der Waals surface area (Å²) in [5, 5.41) is 2.96. The van der Waals surface area contributed by atoms with Crippen LogP contribution in [-0.2, 0) is 10.3 Å². The lowest BCUT2D eigenvalue weighted by Gasteiger charge is -2.19. The van der Waals surface area contributed by atoms with Crippen molar-refractivity contribution in [2.24, 2.45) is 5.73 Å². The van der Waals surface area contributed by atoms with Gasteiger partial charge in [0.25, 0.3) is 0 Å². The molecule has 0 amide bonds. The molecule has 1 atom stereocenters. The second kappa shape index (κ2) is 3.74. The Labute approximate surface area is 82.9 Å². The summed E-state index contributed by atoms with van der Waals surface area (Å²) in [5.74, 6) is 0. The summed E-state index contributed by atoms with van der Waals surface area (Å²) in [6.07, 6.45) is 0. The summed E-state index contributed by atoms with van der Waals surface area (Å²) in [4.78, 5) is 4.42. The van der Waals surface area contributed by atoms with E-state index in [1.54, 1.807) is 18.4 Å². The van der Waals surface area contributed by atoms with Crippen LogP contribution in [0.5, 0.6) is 0 Å². The molecule has 0 aromatic carbocycles. The lowest BCUT2D eigenvalue weighted by molar-refractivity contribution is 0.0189. The van der Waals surface area contributed by atoms with Crippen LogP contribution in [0.25, 0.3) is 0 Å². The van der Waals surface area contributed by atoms with Gasteiger partial charge in [-0.25, -0.2) is 4.98 Å². The topological polar surface area (TPSA) is 48.1 Å². The molecule has 74 valence electrons. The molecule has 0 aliphatic rings. The van der Waals surface area contributed by atoms with E-state index in [-0.39, 0.29) is 11.6 Å². The first-order valence-corrected chi connectivity index (χ1v) is 5.12. The number of nitrogens with zero attached hydrogens (tertiary/aromatic N) is 1. The van der Waals surface area contributed by atoms with Crippen LogP contribution in [0.3, 0.4) is 0 Å². The van der Waals surface area contributed by atoms with Crippen LogP contribution < -0.4 is 5.73 Å². The van der Waals surface area contributed by atoms with Gasteiger partial charge in [0.05, 0.1) is 5.69 Å². The van der Waals surface area contributed by atoms with Crippen molar-refractivity contribution in [3.05, 3.63) is 16.1 Å². The highest BCUT2D eigenvalue weighted by molar-refractivity contribution is 7.09. The van der Waals surface area contributed by atoms with E-state index in [4.69, 9.17) is 10.5 Å². The second-order valence-electron chi connectivity index (χ2n) is 3.58. The van der Waals surface area contributed by atoms with Crippen molar-refractivity contribution in [1.82, 2.24) is 4.98 Å². The van der Waals surface area contributed by atoms with Gasteiger partial charge in [-0.1, -0.05) is 0 Å². The average Bonchev–Trinajstić information content (AvgIpc) is 2.52. The first-order chi connectivity index (χ1) is 5.97. The lowest BCUT2D eigenvalue weighted by atomic mass is 10.1. The van der Waals surface area contributed by atoms with Crippen molar-refractivity contribution in [3.63, 3.8) is 0 Å². The van der Waals surface area contributed by atoms with E-state index in [1.165, 1.54) is 0 Å². The molecule has 0 bridgehead atoms. The Morgan fingerprint density at radius 3 is 2.62 bits per heavy atom. The van der Waals surface area contributed by atoms with Crippen molar-refractivity contribution in [2.75, 3.05) is 7.11 Å². The Morgan fingerprint density at radius 2 is 2.23 bits per heavy atom. The maximum Gasteiger partial charge on any atom is 0.124 e. The van der Waals surface area contributed by atoms with Gasteiger partial charge in [0.15, 0.2) is 0 Å². The number of hydrogen-bond acceptors (Lipinski definition) is 4. The number of rotatable bonds is 3. The summed E-state index contributed by atoms with van der Waals surface area (Å²) in [7, 11) is 1.69. The zero-order valence-corrected chi connectivity index (χ0v) is 9.31. The summed E-state index contributed by atoms with van der Waals surface area (Å²) < 4.78 is 5.32. The number of nitrogens with two attached hydrogens (primary N) is 1. The van der Waals surface area contributed by atoms with Gasteiger partial charge in [-0.2, -0.15) is 0 Å². The molecule has 0 saturated carbocycles. The van der Waals surface area contributed by atoms with Crippen molar-refractivity contribution >= 4 is 11.3 Å². The third-order valence-electron chi connectivity index (χ3n) is 2.01. The van der Waals surface area contributed by atoms with E-state index in [0.717, 1.165) is 10.7 Å². The van der Waals surface area contributed by atoms with Gasteiger partial charge in [0, 0.05) is 18.5 Å². The molecular formula is C9H16N2OS. The molecule has 0 radical (unpaired) electrons. The molecule has 0 saturated heterocycles. The van der Waals surface area contributed by atoms with E-state index in [0.29, 0.717) is 0 Å². The molecule has 1 aromatic rings. The van der Waals surface area contributed by atoms with E-state index in [9.17, 15) is 0 Å². The third kappa shape index (κ3) is 2.27. The molecule has 1 unspecified atom stereocenters. The number of thiazole rings is 1. The largest absolute Gasteiger partial charge is 0.372 e. The van der Waals surface area contributed by atoms with Crippen LogP contribution in [0.1, 0.15) is 37.5 Å². The third-order valence-corrected chi connectivity index (χ3v) is 3.18. The van der Waals surface area contributed by atoms with Crippen LogP contribution in [0, 0.1) is 0 Å². The fraction of sp³-hybridized carbons (Fsp3) is 0.667. The van der Waals surface area contributed by atoms with Gasteiger partial charge in [0.2, 0.25) is 0 Å². The fourth-order valence-corrected chi connectivity index (χ4v) is 1.88. The Bertz CT molecular complexity index is 281. The summed E-state index contributed by atoms with van der Waals surface area (Å²) in [6, 6.07) is -0.00217. The highest BCUT2D eigenvalue weighted by Crippen LogP contribution is 2.28. The maximum atomic E-state index is 5.72. The number of ether oxygens (including phenoxy) is 1. The smallest absolute Gasteiger partial charge is 0.124 e. The van der Waals surface area contributed by atoms with Crippen LogP contribution in [-0.4, -0.2) is 12.1 Å². The molecule has 0 aliphatic carbocycles. The maximum absolute atomic E-state index is 5.72. The van der Waals surface area contributed by atoms with Crippen LogP contribution in [0.2, 0.25) is 0 Å². The highest BCUT2D eigenvalue weighted by Gasteiger charge is 2.23.